The molecule has 4 heterocycles. The van der Waals surface area contributed by atoms with Gasteiger partial charge < -0.3 is 14.7 Å². The molecule has 4 heteroatoms. The zero-order chi connectivity index (χ0) is 51.2. The average molecular weight is 984 g/mol. The predicted octanol–water partition coefficient (Wildman–Crippen LogP) is 16.5. The zero-order valence-electron chi connectivity index (χ0n) is 44.8. The van der Waals surface area contributed by atoms with Crippen LogP contribution >= 0.6 is 0 Å². The van der Waals surface area contributed by atoms with Crippen molar-refractivity contribution in [2.24, 2.45) is 0 Å². The fraction of sp³-hybridized carbons (Fsp3) is 0.250. The van der Waals surface area contributed by atoms with Crippen molar-refractivity contribution >= 4 is 62.9 Å². The molecule has 0 amide bonds. The Morgan fingerprint density at radius 2 is 0.908 bits per heavy atom. The summed E-state index contributed by atoms with van der Waals surface area (Å²) in [6, 6.07) is 82.3. The molecule has 76 heavy (non-hydrogen) atoms. The second kappa shape index (κ2) is 16.5. The number of fused-ring (bicyclic) bond motifs is 10. The standard InChI is InChI=1S/C72H66BN3/c1-68(2,3)55-45-59-67-61(46-55)73-60-44-52(50-26-12-7-13-27-50)36-39-63(60)74(56-37-34-51(35-38-56)49-24-10-6-11-25-49)64-47-57(48-65(66(64)73)76(67)70(5)41-21-23-43-72(59,70)54-30-16-9-17-31-54)75-62-33-19-18-32-58(62)71(53-28-14-8-15-29-53)42-22-20-40-69(71,75)4/h6-19,24-39,44-48H,20-23,40-43H2,1-5H3. The average Bonchev–Trinajstić information content (AvgIpc) is 4.02. The Hall–Kier alpha value is -7.56. The molecule has 9 aromatic rings. The molecule has 6 aliphatic rings. The summed E-state index contributed by atoms with van der Waals surface area (Å²) in [5, 5.41) is 0. The van der Waals surface area contributed by atoms with Crippen LogP contribution in [0.4, 0.5) is 39.8 Å². The fourth-order valence-corrected chi connectivity index (χ4v) is 16.6. The third kappa shape index (κ3) is 6.07. The van der Waals surface area contributed by atoms with Crippen LogP contribution in [0.25, 0.3) is 22.3 Å². The Labute approximate surface area is 451 Å². The fourth-order valence-electron chi connectivity index (χ4n) is 16.6. The molecule has 2 saturated carbocycles. The van der Waals surface area contributed by atoms with Crippen molar-refractivity contribution in [1.82, 2.24) is 0 Å². The molecule has 2 aliphatic carbocycles. The molecular formula is C72H66BN3. The SMILES string of the molecule is CC(C)(C)c1cc2c3c(c1)C1(c4ccccc4)CCCCC1(C)N3c1cc(N3c4ccccc4C4(c5ccccc5)CCCCC34C)cc3c1B2c1cc(-c2ccccc2)ccc1N3c1ccc(-c2ccccc2)cc1. The highest BCUT2D eigenvalue weighted by Gasteiger charge is 2.65. The van der Waals surface area contributed by atoms with E-state index >= 15 is 0 Å². The Bertz CT molecular complexity index is 3750. The molecule has 4 unspecified atom stereocenters. The van der Waals surface area contributed by atoms with Crippen LogP contribution in [-0.2, 0) is 16.2 Å². The monoisotopic (exact) mass is 984 g/mol. The van der Waals surface area contributed by atoms with Crippen molar-refractivity contribution in [2.75, 3.05) is 14.7 Å². The van der Waals surface area contributed by atoms with Gasteiger partial charge in [-0.05, 0) is 148 Å². The lowest BCUT2D eigenvalue weighted by Gasteiger charge is -2.55. The van der Waals surface area contributed by atoms with Gasteiger partial charge in [0.1, 0.15) is 0 Å². The molecular weight excluding hydrogens is 918 g/mol. The van der Waals surface area contributed by atoms with Gasteiger partial charge in [-0.3, -0.25) is 0 Å². The summed E-state index contributed by atoms with van der Waals surface area (Å²) >= 11 is 0. The molecule has 4 aliphatic heterocycles. The van der Waals surface area contributed by atoms with E-state index in [9.17, 15) is 0 Å². The number of hydrogen-bond acceptors (Lipinski definition) is 3. The van der Waals surface area contributed by atoms with Crippen LogP contribution in [0.1, 0.15) is 114 Å². The quantitative estimate of drug-likeness (QED) is 0.154. The first-order valence-electron chi connectivity index (χ1n) is 28.4. The highest BCUT2D eigenvalue weighted by Crippen LogP contribution is 2.67. The summed E-state index contributed by atoms with van der Waals surface area (Å²) in [4.78, 5) is 8.48. The summed E-state index contributed by atoms with van der Waals surface area (Å²) in [5.74, 6) is 0. The lowest BCUT2D eigenvalue weighted by molar-refractivity contribution is 0.214. The van der Waals surface area contributed by atoms with Gasteiger partial charge in [0.15, 0.2) is 0 Å². The summed E-state index contributed by atoms with van der Waals surface area (Å²) < 4.78 is 0. The molecule has 9 aromatic carbocycles. The maximum absolute atomic E-state index is 2.97. The van der Waals surface area contributed by atoms with E-state index in [0.29, 0.717) is 0 Å². The summed E-state index contributed by atoms with van der Waals surface area (Å²) in [7, 11) is 0. The molecule has 0 saturated heterocycles. The number of rotatable bonds is 6. The van der Waals surface area contributed by atoms with Gasteiger partial charge in [0.05, 0.1) is 11.1 Å². The third-order valence-corrected chi connectivity index (χ3v) is 20.0. The lowest BCUT2D eigenvalue weighted by atomic mass is 9.33. The van der Waals surface area contributed by atoms with Crippen molar-refractivity contribution in [1.29, 1.82) is 0 Å². The minimum atomic E-state index is -0.253. The summed E-state index contributed by atoms with van der Waals surface area (Å²) in [6.45, 7) is 12.6. The van der Waals surface area contributed by atoms with Gasteiger partial charge in [-0.1, -0.05) is 222 Å². The first kappa shape index (κ1) is 45.8. The molecule has 0 aromatic heterocycles. The Kier molecular flexibility index (Phi) is 9.93. The Morgan fingerprint density at radius 3 is 1.54 bits per heavy atom. The Balaban J connectivity index is 1.08. The summed E-state index contributed by atoms with van der Waals surface area (Å²) in [5.41, 5.74) is 24.7. The van der Waals surface area contributed by atoms with Gasteiger partial charge >= 0.3 is 0 Å². The van der Waals surface area contributed by atoms with Crippen LogP contribution in [0.15, 0.2) is 212 Å². The summed E-state index contributed by atoms with van der Waals surface area (Å²) in [6.07, 6.45) is 9.24. The van der Waals surface area contributed by atoms with Gasteiger partial charge in [0.25, 0.3) is 6.71 Å². The van der Waals surface area contributed by atoms with Gasteiger partial charge in [-0.25, -0.2) is 0 Å². The van der Waals surface area contributed by atoms with Gasteiger partial charge in [0, 0.05) is 50.6 Å². The van der Waals surface area contributed by atoms with Crippen molar-refractivity contribution in [3.63, 3.8) is 0 Å². The van der Waals surface area contributed by atoms with Crippen LogP contribution < -0.4 is 31.1 Å². The smallest absolute Gasteiger partial charge is 0.252 e. The highest BCUT2D eigenvalue weighted by atomic mass is 15.3. The molecule has 0 spiro atoms. The molecule has 0 radical (unpaired) electrons. The Morgan fingerprint density at radius 1 is 0.395 bits per heavy atom. The largest absolute Gasteiger partial charge is 0.335 e. The number of benzene rings is 9. The topological polar surface area (TPSA) is 9.72 Å². The van der Waals surface area contributed by atoms with Crippen LogP contribution in [0.3, 0.4) is 0 Å². The molecule has 0 bridgehead atoms. The zero-order valence-corrected chi connectivity index (χ0v) is 44.8. The van der Waals surface area contributed by atoms with E-state index in [1.165, 1.54) is 132 Å². The minimum Gasteiger partial charge on any atom is -0.335 e. The second-order valence-electron chi connectivity index (χ2n) is 24.6. The van der Waals surface area contributed by atoms with E-state index < -0.39 is 0 Å². The second-order valence-corrected chi connectivity index (χ2v) is 24.6. The van der Waals surface area contributed by atoms with E-state index in [1.54, 1.807) is 0 Å². The van der Waals surface area contributed by atoms with E-state index in [0.717, 1.165) is 25.7 Å². The van der Waals surface area contributed by atoms with E-state index in [1.807, 2.05) is 0 Å². The van der Waals surface area contributed by atoms with Gasteiger partial charge in [0.2, 0.25) is 0 Å². The van der Waals surface area contributed by atoms with Crippen LogP contribution in [-0.4, -0.2) is 17.8 Å². The number of hydrogen-bond donors (Lipinski definition) is 0. The predicted molar refractivity (Wildman–Crippen MR) is 321 cm³/mol. The first-order valence-corrected chi connectivity index (χ1v) is 28.4. The van der Waals surface area contributed by atoms with E-state index in [-0.39, 0.29) is 34.0 Å². The van der Waals surface area contributed by atoms with Crippen LogP contribution in [0, 0.1) is 0 Å². The maximum Gasteiger partial charge on any atom is 0.252 e. The van der Waals surface area contributed by atoms with Crippen LogP contribution in [0.2, 0.25) is 0 Å². The molecule has 15 rings (SSSR count). The van der Waals surface area contributed by atoms with Crippen LogP contribution in [0.5, 0.6) is 0 Å². The van der Waals surface area contributed by atoms with E-state index in [2.05, 4.69) is 262 Å². The maximum atomic E-state index is 2.97. The van der Waals surface area contributed by atoms with Crippen molar-refractivity contribution in [3.8, 4) is 22.3 Å². The number of para-hydroxylation sites is 1. The molecule has 0 N–H and O–H groups in total. The number of anilines is 7. The third-order valence-electron chi connectivity index (χ3n) is 20.0. The number of nitrogens with zero attached hydrogens (tertiary/aromatic N) is 3. The lowest BCUT2D eigenvalue weighted by Crippen LogP contribution is -2.65. The van der Waals surface area contributed by atoms with Crippen molar-refractivity contribution in [2.45, 2.75) is 113 Å². The minimum absolute atomic E-state index is 0.0130. The van der Waals surface area contributed by atoms with Crippen molar-refractivity contribution in [3.05, 3.63) is 240 Å². The molecule has 3 nitrogen and oxygen atoms in total. The van der Waals surface area contributed by atoms with Crippen molar-refractivity contribution < 1.29 is 0 Å². The van der Waals surface area contributed by atoms with E-state index in [4.69, 9.17) is 0 Å². The van der Waals surface area contributed by atoms with Gasteiger partial charge in [-0.15, -0.1) is 0 Å². The molecule has 2 fully saturated rings. The van der Waals surface area contributed by atoms with Gasteiger partial charge in [-0.2, -0.15) is 0 Å². The molecule has 372 valence electrons. The first-order chi connectivity index (χ1) is 37.0. The molecule has 4 atom stereocenters. The highest BCUT2D eigenvalue weighted by molar-refractivity contribution is 7.00. The normalized spacial score (nSPS) is 23.5.